The van der Waals surface area contributed by atoms with E-state index in [4.69, 9.17) is 15.5 Å². The van der Waals surface area contributed by atoms with Crippen LogP contribution in [0.1, 0.15) is 74.5 Å². The molecule has 3 unspecified atom stereocenters. The van der Waals surface area contributed by atoms with E-state index in [0.717, 1.165) is 42.6 Å². The first-order valence-electron chi connectivity index (χ1n) is 14.7. The number of hydrogen-bond acceptors (Lipinski definition) is 5. The maximum absolute atomic E-state index is 13.8. The summed E-state index contributed by atoms with van der Waals surface area (Å²) < 4.78 is 7.47. The van der Waals surface area contributed by atoms with Crippen molar-refractivity contribution < 1.29 is 14.3 Å². The second kappa shape index (κ2) is 12.1. The first-order chi connectivity index (χ1) is 19.6. The van der Waals surface area contributed by atoms with Gasteiger partial charge in [0.2, 0.25) is 11.8 Å². The van der Waals surface area contributed by atoms with E-state index in [0.29, 0.717) is 25.3 Å². The largest absolute Gasteiger partial charge is 0.497 e. The number of ether oxygens (including phenoxy) is 1. The van der Waals surface area contributed by atoms with E-state index in [-0.39, 0.29) is 35.7 Å². The van der Waals surface area contributed by atoms with Crippen LogP contribution in [0, 0.1) is 0 Å². The summed E-state index contributed by atoms with van der Waals surface area (Å²) in [6.45, 7) is 7.60. The van der Waals surface area contributed by atoms with E-state index in [1.54, 1.807) is 12.0 Å². The summed E-state index contributed by atoms with van der Waals surface area (Å²) in [6.07, 6.45) is 6.30. The van der Waals surface area contributed by atoms with Gasteiger partial charge in [0.1, 0.15) is 11.8 Å². The van der Waals surface area contributed by atoms with Crippen molar-refractivity contribution in [2.75, 3.05) is 7.11 Å². The second-order valence-corrected chi connectivity index (χ2v) is 12.5. The Morgan fingerprint density at radius 2 is 1.83 bits per heavy atom. The van der Waals surface area contributed by atoms with Gasteiger partial charge in [0, 0.05) is 25.0 Å². The van der Waals surface area contributed by atoms with Gasteiger partial charge in [0.15, 0.2) is 0 Å². The maximum Gasteiger partial charge on any atom is 0.243 e. The van der Waals surface area contributed by atoms with Gasteiger partial charge >= 0.3 is 0 Å². The minimum absolute atomic E-state index is 0.0586. The molecule has 1 fully saturated rings. The minimum Gasteiger partial charge on any atom is -0.497 e. The van der Waals surface area contributed by atoms with Gasteiger partial charge in [0.05, 0.1) is 37.8 Å². The Morgan fingerprint density at radius 3 is 2.54 bits per heavy atom. The summed E-state index contributed by atoms with van der Waals surface area (Å²) in [4.78, 5) is 33.9. The fraction of sp³-hybridized carbons (Fsp3) is 0.485. The molecule has 8 heteroatoms. The highest BCUT2D eigenvalue weighted by molar-refractivity contribution is 5.89. The van der Waals surface area contributed by atoms with Crippen molar-refractivity contribution in [2.45, 2.75) is 95.9 Å². The number of fused-ring (bicyclic) bond motifs is 1. The maximum atomic E-state index is 13.8. The molecular formula is C33H43N5O3. The molecule has 1 aliphatic heterocycles. The molecule has 1 saturated carbocycles. The van der Waals surface area contributed by atoms with Crippen LogP contribution in [-0.4, -0.2) is 51.5 Å². The van der Waals surface area contributed by atoms with E-state index in [1.807, 2.05) is 30.6 Å². The summed E-state index contributed by atoms with van der Waals surface area (Å²) in [7, 11) is 1.61. The highest BCUT2D eigenvalue weighted by atomic mass is 16.5. The summed E-state index contributed by atoms with van der Waals surface area (Å²) in [6, 6.07) is 15.4. The standard InChI is InChI=1S/C33H43N5O3/c1-33(2,3)24-14-12-22(13-15-24)19-37-21-35-28-18-29(32(40)36-27-11-6-5-10-26(27)34)38(20-30(28)37)31(39)17-23-8-7-9-25(16-23)41-4/h7-9,12-16,21,26-27,29H,5-6,10-11,17-20,34H2,1-4H3,(H,36,40). The Hall–Kier alpha value is -3.65. The number of methoxy groups -OCH3 is 1. The number of carbonyl (C=O) groups is 2. The average Bonchev–Trinajstić information content (AvgIpc) is 3.35. The van der Waals surface area contributed by atoms with E-state index in [9.17, 15) is 9.59 Å². The molecule has 2 amide bonds. The molecule has 2 aliphatic rings. The summed E-state index contributed by atoms with van der Waals surface area (Å²) in [5.41, 5.74) is 11.6. The van der Waals surface area contributed by atoms with Crippen molar-refractivity contribution in [2.24, 2.45) is 5.73 Å². The molecule has 0 bridgehead atoms. The average molecular weight is 558 g/mol. The molecule has 218 valence electrons. The molecule has 2 heterocycles. The number of nitrogens with two attached hydrogens (primary N) is 1. The minimum atomic E-state index is -0.635. The molecule has 0 spiro atoms. The Balaban J connectivity index is 1.39. The zero-order chi connectivity index (χ0) is 29.1. The molecule has 2 aromatic carbocycles. The van der Waals surface area contributed by atoms with Crippen LogP contribution in [0.25, 0.3) is 0 Å². The van der Waals surface area contributed by atoms with E-state index in [1.165, 1.54) is 11.1 Å². The van der Waals surface area contributed by atoms with Crippen molar-refractivity contribution >= 4 is 11.8 Å². The van der Waals surface area contributed by atoms with E-state index in [2.05, 4.69) is 54.9 Å². The number of rotatable bonds is 7. The molecule has 3 N–H and O–H groups in total. The fourth-order valence-electron chi connectivity index (χ4n) is 5.98. The van der Waals surface area contributed by atoms with Crippen LogP contribution in [0.5, 0.6) is 5.75 Å². The van der Waals surface area contributed by atoms with Crippen LogP contribution >= 0.6 is 0 Å². The van der Waals surface area contributed by atoms with Crippen LogP contribution < -0.4 is 15.8 Å². The first kappa shape index (κ1) is 28.9. The number of amides is 2. The van der Waals surface area contributed by atoms with Gasteiger partial charge in [0.25, 0.3) is 0 Å². The van der Waals surface area contributed by atoms with Crippen LogP contribution in [0.2, 0.25) is 0 Å². The van der Waals surface area contributed by atoms with Crippen molar-refractivity contribution in [1.29, 1.82) is 0 Å². The van der Waals surface area contributed by atoms with Gasteiger partial charge in [-0.2, -0.15) is 0 Å². The normalized spacial score (nSPS) is 20.8. The Morgan fingerprint density at radius 1 is 1.07 bits per heavy atom. The third-order valence-electron chi connectivity index (χ3n) is 8.55. The molecular weight excluding hydrogens is 514 g/mol. The van der Waals surface area contributed by atoms with Crippen LogP contribution in [0.15, 0.2) is 54.9 Å². The predicted octanol–water partition coefficient (Wildman–Crippen LogP) is 4.12. The monoisotopic (exact) mass is 557 g/mol. The number of benzene rings is 2. The molecule has 1 aromatic heterocycles. The number of imidazole rings is 1. The van der Waals surface area contributed by atoms with E-state index < -0.39 is 6.04 Å². The molecule has 0 saturated heterocycles. The number of nitrogens with zero attached hydrogens (tertiary/aromatic N) is 3. The molecule has 5 rings (SSSR count). The Labute approximate surface area is 243 Å². The molecule has 0 radical (unpaired) electrons. The lowest BCUT2D eigenvalue weighted by Crippen LogP contribution is -2.58. The fourth-order valence-corrected chi connectivity index (χ4v) is 5.98. The first-order valence-corrected chi connectivity index (χ1v) is 14.7. The molecule has 3 aromatic rings. The van der Waals surface area contributed by atoms with Crippen LogP contribution in [-0.2, 0) is 40.9 Å². The topological polar surface area (TPSA) is 102 Å². The quantitative estimate of drug-likeness (QED) is 0.455. The summed E-state index contributed by atoms with van der Waals surface area (Å²) >= 11 is 0. The van der Waals surface area contributed by atoms with Gasteiger partial charge < -0.3 is 25.3 Å². The summed E-state index contributed by atoms with van der Waals surface area (Å²) in [5, 5.41) is 3.19. The molecule has 8 nitrogen and oxygen atoms in total. The van der Waals surface area contributed by atoms with Crippen molar-refractivity contribution in [1.82, 2.24) is 19.8 Å². The lowest BCUT2D eigenvalue weighted by Gasteiger charge is -2.37. The van der Waals surface area contributed by atoms with Gasteiger partial charge in [-0.15, -0.1) is 0 Å². The van der Waals surface area contributed by atoms with Crippen LogP contribution in [0.4, 0.5) is 0 Å². The van der Waals surface area contributed by atoms with Crippen molar-refractivity contribution in [3.63, 3.8) is 0 Å². The van der Waals surface area contributed by atoms with Gasteiger partial charge in [-0.25, -0.2) is 4.98 Å². The zero-order valence-electron chi connectivity index (χ0n) is 24.7. The van der Waals surface area contributed by atoms with Crippen LogP contribution in [0.3, 0.4) is 0 Å². The predicted molar refractivity (Wildman–Crippen MR) is 160 cm³/mol. The highest BCUT2D eigenvalue weighted by Gasteiger charge is 2.38. The lowest BCUT2D eigenvalue weighted by molar-refractivity contribution is -0.142. The zero-order valence-corrected chi connectivity index (χ0v) is 24.7. The number of carbonyl (C=O) groups excluding carboxylic acids is 2. The summed E-state index contributed by atoms with van der Waals surface area (Å²) in [5.74, 6) is 0.455. The molecule has 1 aliphatic carbocycles. The van der Waals surface area contributed by atoms with E-state index >= 15 is 0 Å². The second-order valence-electron chi connectivity index (χ2n) is 12.5. The van der Waals surface area contributed by atoms with Crippen molar-refractivity contribution in [3.05, 3.63) is 82.9 Å². The molecule has 41 heavy (non-hydrogen) atoms. The number of hydrogen-bond donors (Lipinski definition) is 2. The number of nitrogens with one attached hydrogen (secondary N) is 1. The SMILES string of the molecule is COc1cccc(CC(=O)N2Cc3c(ncn3Cc3ccc(C(C)(C)C)cc3)CC2C(=O)NC2CCCCC2N)c1. The third-order valence-corrected chi connectivity index (χ3v) is 8.55. The van der Waals surface area contributed by atoms with Gasteiger partial charge in [-0.1, -0.05) is 70.0 Å². The smallest absolute Gasteiger partial charge is 0.243 e. The Bertz CT molecular complexity index is 1370. The van der Waals surface area contributed by atoms with Gasteiger partial charge in [-0.3, -0.25) is 9.59 Å². The third kappa shape index (κ3) is 6.64. The Kier molecular flexibility index (Phi) is 8.50. The van der Waals surface area contributed by atoms with Crippen molar-refractivity contribution in [3.8, 4) is 5.75 Å². The molecule has 3 atom stereocenters. The highest BCUT2D eigenvalue weighted by Crippen LogP contribution is 2.27. The number of aromatic nitrogens is 2. The van der Waals surface area contributed by atoms with Gasteiger partial charge in [-0.05, 0) is 47.1 Å². The lowest BCUT2D eigenvalue weighted by atomic mass is 9.87.